The molecule has 0 atom stereocenters. The van der Waals surface area contributed by atoms with Crippen LogP contribution in [0.4, 0.5) is 5.82 Å². The molecular weight excluding hydrogens is 320 g/mol. The quantitative estimate of drug-likeness (QED) is 0.866. The SMILES string of the molecule is Cn1ccnc(N2CCC(NC(=O)COC3CCCCC3)CC2)c1=O. The zero-order valence-corrected chi connectivity index (χ0v) is 14.9. The fourth-order valence-corrected chi connectivity index (χ4v) is 3.63. The van der Waals surface area contributed by atoms with Crippen LogP contribution in [-0.2, 0) is 16.6 Å². The molecule has 0 radical (unpaired) electrons. The maximum atomic E-state index is 12.1. The van der Waals surface area contributed by atoms with Gasteiger partial charge in [-0.15, -0.1) is 0 Å². The Kier molecular flexibility index (Phi) is 6.07. The Balaban J connectivity index is 1.42. The normalized spacial score (nSPS) is 19.8. The molecule has 1 aliphatic carbocycles. The predicted molar refractivity (Wildman–Crippen MR) is 95.7 cm³/mol. The largest absolute Gasteiger partial charge is 0.368 e. The fraction of sp³-hybridized carbons (Fsp3) is 0.722. The van der Waals surface area contributed by atoms with Crippen LogP contribution >= 0.6 is 0 Å². The summed E-state index contributed by atoms with van der Waals surface area (Å²) in [7, 11) is 1.73. The Morgan fingerprint density at radius 1 is 1.24 bits per heavy atom. The number of carbonyl (C=O) groups excluding carboxylic acids is 1. The van der Waals surface area contributed by atoms with Gasteiger partial charge in [0, 0.05) is 38.6 Å². The number of hydrogen-bond acceptors (Lipinski definition) is 5. The van der Waals surface area contributed by atoms with Gasteiger partial charge in [0.25, 0.3) is 5.56 Å². The molecule has 1 saturated carbocycles. The monoisotopic (exact) mass is 348 g/mol. The molecule has 7 heteroatoms. The average molecular weight is 348 g/mol. The van der Waals surface area contributed by atoms with Crippen molar-refractivity contribution in [3.05, 3.63) is 22.7 Å². The van der Waals surface area contributed by atoms with Gasteiger partial charge in [-0.1, -0.05) is 19.3 Å². The van der Waals surface area contributed by atoms with E-state index in [9.17, 15) is 9.59 Å². The van der Waals surface area contributed by atoms with Crippen LogP contribution in [0.3, 0.4) is 0 Å². The number of piperidine rings is 1. The highest BCUT2D eigenvalue weighted by Gasteiger charge is 2.24. The van der Waals surface area contributed by atoms with Crippen molar-refractivity contribution in [2.75, 3.05) is 24.6 Å². The van der Waals surface area contributed by atoms with E-state index >= 15 is 0 Å². The second-order valence-electron chi connectivity index (χ2n) is 7.07. The number of rotatable bonds is 5. The third-order valence-corrected chi connectivity index (χ3v) is 5.16. The Morgan fingerprint density at radius 2 is 1.96 bits per heavy atom. The molecule has 0 spiro atoms. The standard InChI is InChI=1S/C18H28N4O3/c1-21-12-9-19-17(18(21)24)22-10-7-14(8-11-22)20-16(23)13-25-15-5-3-2-4-6-15/h9,12,14-15H,2-8,10-11,13H2,1H3,(H,20,23). The summed E-state index contributed by atoms with van der Waals surface area (Å²) in [6, 6.07) is 0.145. The number of anilines is 1. The van der Waals surface area contributed by atoms with Crippen molar-refractivity contribution in [1.82, 2.24) is 14.9 Å². The number of aromatic nitrogens is 2. The van der Waals surface area contributed by atoms with Crippen LogP contribution in [-0.4, -0.2) is 47.3 Å². The second kappa shape index (κ2) is 8.47. The molecule has 2 aliphatic rings. The molecule has 1 amide bonds. The van der Waals surface area contributed by atoms with Gasteiger partial charge in [0.15, 0.2) is 5.82 Å². The molecule has 1 N–H and O–H groups in total. The van der Waals surface area contributed by atoms with E-state index in [4.69, 9.17) is 4.74 Å². The van der Waals surface area contributed by atoms with E-state index < -0.39 is 0 Å². The first-order valence-corrected chi connectivity index (χ1v) is 9.31. The third-order valence-electron chi connectivity index (χ3n) is 5.16. The van der Waals surface area contributed by atoms with Crippen molar-refractivity contribution >= 4 is 11.7 Å². The van der Waals surface area contributed by atoms with Crippen molar-refractivity contribution in [3.8, 4) is 0 Å². The van der Waals surface area contributed by atoms with Crippen LogP contribution in [0.2, 0.25) is 0 Å². The maximum absolute atomic E-state index is 12.1. The highest BCUT2D eigenvalue weighted by molar-refractivity contribution is 5.77. The minimum atomic E-state index is -0.0779. The maximum Gasteiger partial charge on any atom is 0.293 e. The van der Waals surface area contributed by atoms with Crippen LogP contribution in [0.1, 0.15) is 44.9 Å². The van der Waals surface area contributed by atoms with Crippen molar-refractivity contribution < 1.29 is 9.53 Å². The van der Waals surface area contributed by atoms with Crippen molar-refractivity contribution in [3.63, 3.8) is 0 Å². The van der Waals surface area contributed by atoms with E-state index in [0.717, 1.165) is 38.8 Å². The van der Waals surface area contributed by atoms with Gasteiger partial charge in [-0.2, -0.15) is 0 Å². The number of aryl methyl sites for hydroxylation is 1. The van der Waals surface area contributed by atoms with Crippen LogP contribution in [0.15, 0.2) is 17.2 Å². The summed E-state index contributed by atoms with van der Waals surface area (Å²) in [6.45, 7) is 1.60. The van der Waals surface area contributed by atoms with Crippen molar-refractivity contribution in [1.29, 1.82) is 0 Å². The number of hydrogen-bond donors (Lipinski definition) is 1. The van der Waals surface area contributed by atoms with Crippen LogP contribution in [0.25, 0.3) is 0 Å². The molecule has 2 heterocycles. The molecule has 7 nitrogen and oxygen atoms in total. The first kappa shape index (κ1) is 17.9. The zero-order valence-electron chi connectivity index (χ0n) is 14.9. The molecule has 0 unspecified atom stereocenters. The summed E-state index contributed by atoms with van der Waals surface area (Å²) in [5.74, 6) is 0.466. The smallest absolute Gasteiger partial charge is 0.293 e. The Hall–Kier alpha value is -1.89. The lowest BCUT2D eigenvalue weighted by molar-refractivity contribution is -0.129. The van der Waals surface area contributed by atoms with Gasteiger partial charge >= 0.3 is 0 Å². The Morgan fingerprint density at radius 3 is 2.68 bits per heavy atom. The summed E-state index contributed by atoms with van der Waals surface area (Å²) in [4.78, 5) is 30.4. The number of ether oxygens (including phenoxy) is 1. The second-order valence-corrected chi connectivity index (χ2v) is 7.07. The van der Waals surface area contributed by atoms with E-state index in [1.807, 2.05) is 4.90 Å². The van der Waals surface area contributed by atoms with Crippen molar-refractivity contribution in [2.24, 2.45) is 7.05 Å². The van der Waals surface area contributed by atoms with E-state index in [-0.39, 0.29) is 30.2 Å². The Labute approximate surface area is 148 Å². The highest BCUT2D eigenvalue weighted by Crippen LogP contribution is 2.20. The lowest BCUT2D eigenvalue weighted by atomic mass is 9.98. The predicted octanol–water partition coefficient (Wildman–Crippen LogP) is 1.21. The first-order valence-electron chi connectivity index (χ1n) is 9.31. The molecule has 0 bridgehead atoms. The topological polar surface area (TPSA) is 76.5 Å². The van der Waals surface area contributed by atoms with Gasteiger partial charge in [0.1, 0.15) is 6.61 Å². The van der Waals surface area contributed by atoms with Gasteiger partial charge in [-0.05, 0) is 25.7 Å². The zero-order chi connectivity index (χ0) is 17.6. The van der Waals surface area contributed by atoms with Crippen LogP contribution in [0, 0.1) is 0 Å². The molecule has 1 aliphatic heterocycles. The number of nitrogens with one attached hydrogen (secondary N) is 1. The molecule has 25 heavy (non-hydrogen) atoms. The summed E-state index contributed by atoms with van der Waals surface area (Å²) in [5.41, 5.74) is -0.0779. The first-order chi connectivity index (χ1) is 12.1. The summed E-state index contributed by atoms with van der Waals surface area (Å²) in [5, 5.41) is 3.06. The minimum absolute atomic E-state index is 0.0298. The van der Waals surface area contributed by atoms with E-state index in [0.29, 0.717) is 5.82 Å². The lowest BCUT2D eigenvalue weighted by Gasteiger charge is -2.32. The molecule has 2 fully saturated rings. The number of amides is 1. The summed E-state index contributed by atoms with van der Waals surface area (Å²) in [6.07, 6.45) is 11.0. The molecule has 138 valence electrons. The number of nitrogens with zero attached hydrogens (tertiary/aromatic N) is 3. The van der Waals surface area contributed by atoms with E-state index in [1.54, 1.807) is 24.0 Å². The van der Waals surface area contributed by atoms with Gasteiger partial charge < -0.3 is 19.5 Å². The summed E-state index contributed by atoms with van der Waals surface area (Å²) >= 11 is 0. The van der Waals surface area contributed by atoms with Gasteiger partial charge in [-0.3, -0.25) is 9.59 Å². The molecule has 1 aromatic heterocycles. The van der Waals surface area contributed by atoms with Gasteiger partial charge in [0.2, 0.25) is 5.91 Å². The molecule has 1 aromatic rings. The third kappa shape index (κ3) is 4.81. The molecule has 0 aromatic carbocycles. The molecule has 1 saturated heterocycles. The molecule has 3 rings (SSSR count). The van der Waals surface area contributed by atoms with Gasteiger partial charge in [-0.25, -0.2) is 4.98 Å². The minimum Gasteiger partial charge on any atom is -0.368 e. The fourth-order valence-electron chi connectivity index (χ4n) is 3.63. The van der Waals surface area contributed by atoms with E-state index in [1.165, 1.54) is 19.3 Å². The highest BCUT2D eigenvalue weighted by atomic mass is 16.5. The average Bonchev–Trinajstić information content (AvgIpc) is 2.64. The summed E-state index contributed by atoms with van der Waals surface area (Å²) < 4.78 is 7.27. The van der Waals surface area contributed by atoms with E-state index in [2.05, 4.69) is 10.3 Å². The van der Waals surface area contributed by atoms with Gasteiger partial charge in [0.05, 0.1) is 6.10 Å². The lowest BCUT2D eigenvalue weighted by Crippen LogP contribution is -2.47. The van der Waals surface area contributed by atoms with Crippen molar-refractivity contribution in [2.45, 2.75) is 57.1 Å². The van der Waals surface area contributed by atoms with Crippen LogP contribution < -0.4 is 15.8 Å². The molecular formula is C18H28N4O3. The van der Waals surface area contributed by atoms with Crippen LogP contribution in [0.5, 0.6) is 0 Å². The Bertz CT molecular complexity index is 631. The number of carbonyl (C=O) groups is 1.